The van der Waals surface area contributed by atoms with Crippen molar-refractivity contribution in [2.45, 2.75) is 24.9 Å². The Hall–Kier alpha value is -0.650. The Labute approximate surface area is 100 Å². The van der Waals surface area contributed by atoms with Crippen molar-refractivity contribution >= 4 is 11.6 Å². The molecule has 0 saturated carbocycles. The molecule has 6 heteroatoms. The van der Waals surface area contributed by atoms with Gasteiger partial charge in [0.1, 0.15) is 12.2 Å². The molecule has 1 N–H and O–H groups in total. The van der Waals surface area contributed by atoms with Gasteiger partial charge in [-0.2, -0.15) is 5.10 Å². The summed E-state index contributed by atoms with van der Waals surface area (Å²) in [6.07, 6.45) is 3.47. The number of rotatable bonds is 4. The zero-order valence-electron chi connectivity index (χ0n) is 9.45. The van der Waals surface area contributed by atoms with Crippen LogP contribution in [0.5, 0.6) is 0 Å². The summed E-state index contributed by atoms with van der Waals surface area (Å²) in [6.45, 7) is 2.25. The predicted molar refractivity (Wildman–Crippen MR) is 61.3 cm³/mol. The molecule has 2 heterocycles. The fourth-order valence-corrected chi connectivity index (χ4v) is 2.23. The lowest BCUT2D eigenvalue weighted by Gasteiger charge is -2.36. The molecule has 16 heavy (non-hydrogen) atoms. The zero-order chi connectivity index (χ0) is 11.4. The van der Waals surface area contributed by atoms with Gasteiger partial charge in [0, 0.05) is 31.7 Å². The van der Waals surface area contributed by atoms with Crippen molar-refractivity contribution in [1.82, 2.24) is 20.1 Å². The Bertz CT molecular complexity index is 335. The van der Waals surface area contributed by atoms with Gasteiger partial charge >= 0.3 is 0 Å². The molecule has 5 nitrogen and oxygen atoms in total. The van der Waals surface area contributed by atoms with Crippen molar-refractivity contribution in [1.29, 1.82) is 0 Å². The maximum absolute atomic E-state index is 6.06. The molecule has 2 rings (SSSR count). The van der Waals surface area contributed by atoms with Crippen LogP contribution in [0.15, 0.2) is 6.33 Å². The van der Waals surface area contributed by atoms with Gasteiger partial charge in [-0.25, -0.2) is 4.98 Å². The van der Waals surface area contributed by atoms with Crippen LogP contribution in [0.25, 0.3) is 0 Å². The first kappa shape index (κ1) is 11.8. The number of nitrogens with one attached hydrogen (secondary N) is 1. The van der Waals surface area contributed by atoms with Crippen LogP contribution in [-0.4, -0.2) is 39.4 Å². The highest BCUT2D eigenvalue weighted by Crippen LogP contribution is 2.22. The smallest absolute Gasteiger partial charge is 0.140 e. The van der Waals surface area contributed by atoms with Crippen LogP contribution in [-0.2, 0) is 18.3 Å². The second kappa shape index (κ2) is 5.12. The lowest BCUT2D eigenvalue weighted by Crippen LogP contribution is -2.50. The standard InChI is InChI=1S/C10H17ClN4O/c1-15-9(12-8-14-15)6-13-10(7-11)2-4-16-5-3-10/h8,13H,2-7H2,1H3. The van der Waals surface area contributed by atoms with E-state index in [1.807, 2.05) is 7.05 Å². The van der Waals surface area contributed by atoms with Gasteiger partial charge in [-0.05, 0) is 12.8 Å². The molecule has 1 saturated heterocycles. The van der Waals surface area contributed by atoms with Crippen LogP contribution in [0.1, 0.15) is 18.7 Å². The van der Waals surface area contributed by atoms with Gasteiger partial charge in [0.25, 0.3) is 0 Å². The molecule has 1 aromatic rings. The summed E-state index contributed by atoms with van der Waals surface area (Å²) >= 11 is 6.06. The van der Waals surface area contributed by atoms with E-state index in [1.165, 1.54) is 0 Å². The van der Waals surface area contributed by atoms with E-state index in [9.17, 15) is 0 Å². The molecule has 0 bridgehead atoms. The third kappa shape index (κ3) is 2.53. The van der Waals surface area contributed by atoms with Crippen LogP contribution in [0, 0.1) is 0 Å². The van der Waals surface area contributed by atoms with E-state index in [-0.39, 0.29) is 5.54 Å². The fraction of sp³-hybridized carbons (Fsp3) is 0.800. The van der Waals surface area contributed by atoms with E-state index >= 15 is 0 Å². The molecule has 1 aliphatic heterocycles. The van der Waals surface area contributed by atoms with E-state index in [0.717, 1.165) is 31.9 Å². The number of aromatic nitrogens is 3. The van der Waals surface area contributed by atoms with Crippen molar-refractivity contribution in [3.63, 3.8) is 0 Å². The molecule has 0 amide bonds. The number of nitrogens with zero attached hydrogens (tertiary/aromatic N) is 3. The van der Waals surface area contributed by atoms with Crippen molar-refractivity contribution in [3.8, 4) is 0 Å². The molecule has 1 aromatic heterocycles. The Balaban J connectivity index is 1.94. The molecule has 90 valence electrons. The van der Waals surface area contributed by atoms with Crippen molar-refractivity contribution in [3.05, 3.63) is 12.2 Å². The summed E-state index contributed by atoms with van der Waals surface area (Å²) in [5.74, 6) is 1.53. The molecular weight excluding hydrogens is 228 g/mol. The van der Waals surface area contributed by atoms with Crippen LogP contribution < -0.4 is 5.32 Å². The molecular formula is C10H17ClN4O. The van der Waals surface area contributed by atoms with E-state index in [1.54, 1.807) is 11.0 Å². The largest absolute Gasteiger partial charge is 0.381 e. The van der Waals surface area contributed by atoms with Gasteiger partial charge in [0.2, 0.25) is 0 Å². The van der Waals surface area contributed by atoms with E-state index in [0.29, 0.717) is 12.4 Å². The number of ether oxygens (including phenoxy) is 1. The van der Waals surface area contributed by atoms with Gasteiger partial charge in [0.05, 0.1) is 6.54 Å². The van der Waals surface area contributed by atoms with E-state index in [2.05, 4.69) is 15.4 Å². The SMILES string of the molecule is Cn1ncnc1CNC1(CCl)CCOCC1. The molecule has 0 radical (unpaired) electrons. The van der Waals surface area contributed by atoms with Crippen molar-refractivity contribution in [2.24, 2.45) is 7.05 Å². The molecule has 0 spiro atoms. The third-order valence-corrected chi connectivity index (χ3v) is 3.64. The Morgan fingerprint density at radius 3 is 2.88 bits per heavy atom. The lowest BCUT2D eigenvalue weighted by molar-refractivity contribution is 0.0455. The third-order valence-electron chi connectivity index (χ3n) is 3.13. The highest BCUT2D eigenvalue weighted by Gasteiger charge is 2.31. The minimum Gasteiger partial charge on any atom is -0.381 e. The molecule has 1 aliphatic rings. The topological polar surface area (TPSA) is 52.0 Å². The first-order chi connectivity index (χ1) is 7.76. The summed E-state index contributed by atoms with van der Waals surface area (Å²) in [7, 11) is 1.89. The number of alkyl halides is 1. The van der Waals surface area contributed by atoms with Crippen LogP contribution in [0.4, 0.5) is 0 Å². The molecule has 1 fully saturated rings. The Kier molecular flexibility index (Phi) is 3.78. The van der Waals surface area contributed by atoms with E-state index in [4.69, 9.17) is 16.3 Å². The van der Waals surface area contributed by atoms with E-state index < -0.39 is 0 Å². The number of aryl methyl sites for hydroxylation is 1. The van der Waals surface area contributed by atoms with Crippen molar-refractivity contribution in [2.75, 3.05) is 19.1 Å². The molecule has 0 unspecified atom stereocenters. The second-order valence-corrected chi connectivity index (χ2v) is 4.45. The maximum Gasteiger partial charge on any atom is 0.140 e. The quantitative estimate of drug-likeness (QED) is 0.792. The molecule has 0 atom stereocenters. The number of hydrogen-bond donors (Lipinski definition) is 1. The first-order valence-electron chi connectivity index (χ1n) is 5.47. The molecule has 0 aliphatic carbocycles. The van der Waals surface area contributed by atoms with Crippen LogP contribution in [0.3, 0.4) is 0 Å². The Morgan fingerprint density at radius 1 is 1.56 bits per heavy atom. The summed E-state index contributed by atoms with van der Waals surface area (Å²) in [5.41, 5.74) is -0.00818. The molecule has 0 aromatic carbocycles. The first-order valence-corrected chi connectivity index (χ1v) is 6.01. The van der Waals surface area contributed by atoms with Crippen LogP contribution in [0.2, 0.25) is 0 Å². The van der Waals surface area contributed by atoms with Gasteiger partial charge in [-0.15, -0.1) is 11.6 Å². The fourth-order valence-electron chi connectivity index (χ4n) is 1.87. The minimum atomic E-state index is -0.00818. The van der Waals surface area contributed by atoms with Crippen LogP contribution >= 0.6 is 11.6 Å². The van der Waals surface area contributed by atoms with Gasteiger partial charge in [-0.1, -0.05) is 0 Å². The minimum absolute atomic E-state index is 0.00818. The summed E-state index contributed by atoms with van der Waals surface area (Å²) in [4.78, 5) is 4.18. The lowest BCUT2D eigenvalue weighted by atomic mass is 9.92. The number of halogens is 1. The number of hydrogen-bond acceptors (Lipinski definition) is 4. The highest BCUT2D eigenvalue weighted by atomic mass is 35.5. The average molecular weight is 245 g/mol. The van der Waals surface area contributed by atoms with Gasteiger partial charge in [0.15, 0.2) is 0 Å². The monoisotopic (exact) mass is 244 g/mol. The van der Waals surface area contributed by atoms with Gasteiger partial charge in [-0.3, -0.25) is 4.68 Å². The summed E-state index contributed by atoms with van der Waals surface area (Å²) in [6, 6.07) is 0. The maximum atomic E-state index is 6.06. The normalized spacial score (nSPS) is 19.9. The Morgan fingerprint density at radius 2 is 2.31 bits per heavy atom. The summed E-state index contributed by atoms with van der Waals surface area (Å²) < 4.78 is 7.13. The predicted octanol–water partition coefficient (Wildman–Crippen LogP) is 0.693. The zero-order valence-corrected chi connectivity index (χ0v) is 10.2. The van der Waals surface area contributed by atoms with Gasteiger partial charge < -0.3 is 10.1 Å². The second-order valence-electron chi connectivity index (χ2n) is 4.18. The van der Waals surface area contributed by atoms with Crippen molar-refractivity contribution < 1.29 is 4.74 Å². The average Bonchev–Trinajstić information content (AvgIpc) is 2.74. The summed E-state index contributed by atoms with van der Waals surface area (Å²) in [5, 5.41) is 7.53. The highest BCUT2D eigenvalue weighted by molar-refractivity contribution is 6.18.